The summed E-state index contributed by atoms with van der Waals surface area (Å²) in [7, 11) is 2.55. The maximum absolute atomic E-state index is 11.3. The van der Waals surface area contributed by atoms with E-state index in [0.29, 0.717) is 12.2 Å². The van der Waals surface area contributed by atoms with Gasteiger partial charge in [0.05, 0.1) is 12.2 Å². The summed E-state index contributed by atoms with van der Waals surface area (Å²) in [6, 6.07) is 7.31. The summed E-state index contributed by atoms with van der Waals surface area (Å²) in [5.41, 5.74) is 0.612. The zero-order chi connectivity index (χ0) is 9.68. The monoisotopic (exact) mass is 196 g/mol. The largest absolute Gasteiger partial charge is 0.462 e. The van der Waals surface area contributed by atoms with Crippen LogP contribution in [0.2, 0.25) is 0 Å². The fourth-order valence-corrected chi connectivity index (χ4v) is 1.23. The average molecular weight is 196 g/mol. The van der Waals surface area contributed by atoms with Gasteiger partial charge in [-0.25, -0.2) is 4.79 Å². The van der Waals surface area contributed by atoms with Gasteiger partial charge in [0, 0.05) is 0 Å². The lowest BCUT2D eigenvalue weighted by molar-refractivity contribution is 0.0505. The molecule has 0 bridgehead atoms. The van der Waals surface area contributed by atoms with Gasteiger partial charge in [-0.15, -0.1) is 9.24 Å². The first-order chi connectivity index (χ1) is 6.24. The third-order valence-electron chi connectivity index (χ3n) is 1.56. The maximum atomic E-state index is 11.3. The molecule has 0 radical (unpaired) electrons. The van der Waals surface area contributed by atoms with Crippen LogP contribution in [0.3, 0.4) is 0 Å². The highest BCUT2D eigenvalue weighted by molar-refractivity contribution is 7.27. The smallest absolute Gasteiger partial charge is 0.338 e. The molecule has 0 aliphatic carbocycles. The molecule has 0 aromatic heterocycles. The standard InChI is InChI=1S/C10H13O2P/c1-2-6-12-10(11)8-4-3-5-9(13)7-8/h3-5,7H,2,6,13H2,1H3. The number of hydrogen-bond donors (Lipinski definition) is 0. The highest BCUT2D eigenvalue weighted by Gasteiger charge is 2.05. The quantitative estimate of drug-likeness (QED) is 0.543. The van der Waals surface area contributed by atoms with Gasteiger partial charge in [-0.05, 0) is 23.9 Å². The number of benzene rings is 1. The minimum absolute atomic E-state index is 0.244. The Hall–Kier alpha value is -0.880. The molecule has 0 saturated carbocycles. The average Bonchev–Trinajstić information content (AvgIpc) is 2.14. The zero-order valence-electron chi connectivity index (χ0n) is 7.62. The molecule has 0 saturated heterocycles. The molecule has 1 aromatic rings. The molecule has 0 N–H and O–H groups in total. The van der Waals surface area contributed by atoms with E-state index in [1.807, 2.05) is 19.1 Å². The van der Waals surface area contributed by atoms with Crippen LogP contribution in [0.25, 0.3) is 0 Å². The Kier molecular flexibility index (Phi) is 3.91. The molecule has 3 heteroatoms. The van der Waals surface area contributed by atoms with Crippen molar-refractivity contribution in [1.29, 1.82) is 0 Å². The third-order valence-corrected chi connectivity index (χ3v) is 1.92. The molecular formula is C10H13O2P. The predicted octanol–water partition coefficient (Wildman–Crippen LogP) is 1.75. The van der Waals surface area contributed by atoms with E-state index < -0.39 is 0 Å². The summed E-state index contributed by atoms with van der Waals surface area (Å²) in [6.07, 6.45) is 0.853. The van der Waals surface area contributed by atoms with Gasteiger partial charge in [0.2, 0.25) is 0 Å². The Labute approximate surface area is 80.5 Å². The van der Waals surface area contributed by atoms with Crippen molar-refractivity contribution in [3.05, 3.63) is 29.8 Å². The van der Waals surface area contributed by atoms with E-state index in [4.69, 9.17) is 4.74 Å². The van der Waals surface area contributed by atoms with Crippen molar-refractivity contribution in [3.8, 4) is 0 Å². The maximum Gasteiger partial charge on any atom is 0.338 e. The first-order valence-corrected chi connectivity index (χ1v) is 4.84. The molecule has 0 spiro atoms. The van der Waals surface area contributed by atoms with Crippen LogP contribution in [0.5, 0.6) is 0 Å². The Morgan fingerprint density at radius 2 is 2.31 bits per heavy atom. The summed E-state index contributed by atoms with van der Waals surface area (Å²) in [6.45, 7) is 2.46. The van der Waals surface area contributed by atoms with Gasteiger partial charge in [0.1, 0.15) is 0 Å². The first kappa shape index (κ1) is 10.2. The highest BCUT2D eigenvalue weighted by Crippen LogP contribution is 2.02. The van der Waals surface area contributed by atoms with Gasteiger partial charge < -0.3 is 4.74 Å². The Bertz CT molecular complexity index is 297. The van der Waals surface area contributed by atoms with Crippen molar-refractivity contribution >= 4 is 20.5 Å². The topological polar surface area (TPSA) is 26.3 Å². The van der Waals surface area contributed by atoms with E-state index in [2.05, 4.69) is 9.24 Å². The number of rotatable bonds is 3. The summed E-state index contributed by atoms with van der Waals surface area (Å²) in [4.78, 5) is 11.3. The van der Waals surface area contributed by atoms with Crippen LogP contribution < -0.4 is 5.30 Å². The highest BCUT2D eigenvalue weighted by atomic mass is 31.0. The molecule has 0 heterocycles. The van der Waals surface area contributed by atoms with Crippen molar-refractivity contribution in [2.75, 3.05) is 6.61 Å². The normalized spacial score (nSPS) is 9.69. The van der Waals surface area contributed by atoms with Gasteiger partial charge in [0.25, 0.3) is 0 Å². The van der Waals surface area contributed by atoms with Crippen LogP contribution in [0.15, 0.2) is 24.3 Å². The van der Waals surface area contributed by atoms with E-state index in [1.165, 1.54) is 0 Å². The number of carbonyl (C=O) groups excluding carboxylic acids is 1. The fourth-order valence-electron chi connectivity index (χ4n) is 0.944. The lowest BCUT2D eigenvalue weighted by atomic mass is 10.2. The van der Waals surface area contributed by atoms with E-state index in [0.717, 1.165) is 11.7 Å². The zero-order valence-corrected chi connectivity index (χ0v) is 8.77. The van der Waals surface area contributed by atoms with Gasteiger partial charge in [-0.2, -0.15) is 0 Å². The van der Waals surface area contributed by atoms with Gasteiger partial charge in [0.15, 0.2) is 0 Å². The number of hydrogen-bond acceptors (Lipinski definition) is 2. The van der Waals surface area contributed by atoms with E-state index in [9.17, 15) is 4.79 Å². The van der Waals surface area contributed by atoms with Gasteiger partial charge in [-0.3, -0.25) is 0 Å². The molecule has 1 unspecified atom stereocenters. The Morgan fingerprint density at radius 3 is 2.92 bits per heavy atom. The van der Waals surface area contributed by atoms with Crippen LogP contribution in [0.4, 0.5) is 0 Å². The third kappa shape index (κ3) is 3.16. The molecule has 0 amide bonds. The summed E-state index contributed by atoms with van der Waals surface area (Å²) in [5, 5.41) is 0.992. The Balaban J connectivity index is 2.66. The van der Waals surface area contributed by atoms with Crippen LogP contribution in [0.1, 0.15) is 23.7 Å². The van der Waals surface area contributed by atoms with Crippen molar-refractivity contribution in [1.82, 2.24) is 0 Å². The van der Waals surface area contributed by atoms with Crippen LogP contribution in [0, 0.1) is 0 Å². The number of ether oxygens (including phenoxy) is 1. The number of carbonyl (C=O) groups is 1. The van der Waals surface area contributed by atoms with Crippen molar-refractivity contribution in [3.63, 3.8) is 0 Å². The lowest BCUT2D eigenvalue weighted by Gasteiger charge is -2.02. The molecule has 13 heavy (non-hydrogen) atoms. The molecule has 0 fully saturated rings. The summed E-state index contributed by atoms with van der Waals surface area (Å²) < 4.78 is 4.98. The summed E-state index contributed by atoms with van der Waals surface area (Å²) >= 11 is 0. The molecule has 70 valence electrons. The summed E-state index contributed by atoms with van der Waals surface area (Å²) in [5.74, 6) is -0.244. The molecule has 1 aromatic carbocycles. The van der Waals surface area contributed by atoms with Gasteiger partial charge in [-0.1, -0.05) is 19.1 Å². The van der Waals surface area contributed by atoms with Crippen LogP contribution >= 0.6 is 9.24 Å². The van der Waals surface area contributed by atoms with E-state index in [1.54, 1.807) is 12.1 Å². The van der Waals surface area contributed by atoms with Crippen LogP contribution in [-0.4, -0.2) is 12.6 Å². The van der Waals surface area contributed by atoms with Gasteiger partial charge >= 0.3 is 5.97 Å². The van der Waals surface area contributed by atoms with E-state index >= 15 is 0 Å². The van der Waals surface area contributed by atoms with Crippen LogP contribution in [-0.2, 0) is 4.74 Å². The molecule has 1 atom stereocenters. The van der Waals surface area contributed by atoms with Crippen molar-refractivity contribution in [2.24, 2.45) is 0 Å². The lowest BCUT2D eigenvalue weighted by Crippen LogP contribution is -2.07. The first-order valence-electron chi connectivity index (χ1n) is 4.26. The second kappa shape index (κ2) is 4.98. The molecular weight excluding hydrogens is 183 g/mol. The molecule has 1 rings (SSSR count). The molecule has 2 nitrogen and oxygen atoms in total. The van der Waals surface area contributed by atoms with E-state index in [-0.39, 0.29) is 5.97 Å². The van der Waals surface area contributed by atoms with Crippen molar-refractivity contribution < 1.29 is 9.53 Å². The second-order valence-corrected chi connectivity index (χ2v) is 3.43. The molecule has 0 aliphatic rings. The SMILES string of the molecule is CCCOC(=O)c1cccc(P)c1. The van der Waals surface area contributed by atoms with Crippen molar-refractivity contribution in [2.45, 2.75) is 13.3 Å². The second-order valence-electron chi connectivity index (χ2n) is 2.76. The fraction of sp³-hybridized carbons (Fsp3) is 0.300. The Morgan fingerprint density at radius 1 is 1.54 bits per heavy atom. The minimum atomic E-state index is -0.244. The number of esters is 1. The molecule has 0 aliphatic heterocycles. The minimum Gasteiger partial charge on any atom is -0.462 e. The predicted molar refractivity (Wildman–Crippen MR) is 56.4 cm³/mol.